The average molecular weight is 329 g/mol. The largest absolute Gasteiger partial charge is 0.493 e. The maximum absolute atomic E-state index is 11.6. The van der Waals surface area contributed by atoms with Gasteiger partial charge in [0, 0.05) is 25.1 Å². The van der Waals surface area contributed by atoms with Gasteiger partial charge in [0.2, 0.25) is 0 Å². The van der Waals surface area contributed by atoms with Crippen LogP contribution in [0.4, 0.5) is 0 Å². The van der Waals surface area contributed by atoms with Crippen LogP contribution in [0, 0.1) is 6.92 Å². The van der Waals surface area contributed by atoms with Crippen molar-refractivity contribution in [3.63, 3.8) is 0 Å². The standard InChI is InChI=1S/C18H23N3O3/c1-12-19-15(9-18(22)20-12)14-6-7-21(11-14)10-13-4-5-16(23-2)17(8-13)24-3/h4-5,8-9,14H,6-7,10-11H2,1-3H3,(H,19,20,22). The molecule has 1 aromatic carbocycles. The number of aromatic nitrogens is 2. The lowest BCUT2D eigenvalue weighted by Crippen LogP contribution is -2.20. The van der Waals surface area contributed by atoms with Gasteiger partial charge in [0.05, 0.1) is 19.9 Å². The van der Waals surface area contributed by atoms with Gasteiger partial charge >= 0.3 is 0 Å². The van der Waals surface area contributed by atoms with Crippen LogP contribution in [0.15, 0.2) is 29.1 Å². The molecule has 1 atom stereocenters. The fraction of sp³-hybridized carbons (Fsp3) is 0.444. The van der Waals surface area contributed by atoms with E-state index in [0.29, 0.717) is 11.7 Å². The number of benzene rings is 1. The summed E-state index contributed by atoms with van der Waals surface area (Å²) < 4.78 is 10.6. The first-order chi connectivity index (χ1) is 11.6. The van der Waals surface area contributed by atoms with Gasteiger partial charge in [-0.3, -0.25) is 9.69 Å². The maximum atomic E-state index is 11.6. The first kappa shape index (κ1) is 16.5. The molecular formula is C18H23N3O3. The predicted octanol–water partition coefficient (Wildman–Crippen LogP) is 2.09. The highest BCUT2D eigenvalue weighted by Crippen LogP contribution is 2.30. The van der Waals surface area contributed by atoms with Crippen LogP contribution in [0.25, 0.3) is 0 Å². The van der Waals surface area contributed by atoms with Crippen LogP contribution < -0.4 is 15.0 Å². The van der Waals surface area contributed by atoms with Crippen molar-refractivity contribution < 1.29 is 9.47 Å². The lowest BCUT2D eigenvalue weighted by Gasteiger charge is -2.17. The quantitative estimate of drug-likeness (QED) is 0.910. The number of H-pyrrole nitrogens is 1. The zero-order chi connectivity index (χ0) is 17.1. The summed E-state index contributed by atoms with van der Waals surface area (Å²) in [5.41, 5.74) is 2.00. The van der Waals surface area contributed by atoms with Crippen molar-refractivity contribution in [1.29, 1.82) is 0 Å². The number of hydrogen-bond acceptors (Lipinski definition) is 5. The second-order valence-corrected chi connectivity index (χ2v) is 6.17. The van der Waals surface area contributed by atoms with Gasteiger partial charge in [-0.25, -0.2) is 4.98 Å². The molecular weight excluding hydrogens is 306 g/mol. The molecule has 3 rings (SSSR count). The molecule has 1 saturated heterocycles. The van der Waals surface area contributed by atoms with E-state index in [1.165, 1.54) is 5.56 Å². The van der Waals surface area contributed by atoms with E-state index in [9.17, 15) is 4.79 Å². The monoisotopic (exact) mass is 329 g/mol. The molecule has 0 bridgehead atoms. The van der Waals surface area contributed by atoms with Crippen LogP contribution in [-0.2, 0) is 6.54 Å². The summed E-state index contributed by atoms with van der Waals surface area (Å²) in [6.45, 7) is 4.57. The molecule has 2 aromatic rings. The predicted molar refractivity (Wildman–Crippen MR) is 91.8 cm³/mol. The van der Waals surface area contributed by atoms with Crippen LogP contribution in [0.3, 0.4) is 0 Å². The zero-order valence-electron chi connectivity index (χ0n) is 14.3. The molecule has 6 nitrogen and oxygen atoms in total. The fourth-order valence-corrected chi connectivity index (χ4v) is 3.27. The molecule has 1 N–H and O–H groups in total. The first-order valence-electron chi connectivity index (χ1n) is 8.10. The third-order valence-electron chi connectivity index (χ3n) is 4.42. The Morgan fingerprint density at radius 1 is 1.25 bits per heavy atom. The van der Waals surface area contributed by atoms with Gasteiger partial charge in [-0.2, -0.15) is 0 Å². The van der Waals surface area contributed by atoms with E-state index in [4.69, 9.17) is 9.47 Å². The third-order valence-corrected chi connectivity index (χ3v) is 4.42. The molecule has 1 aliphatic rings. The van der Waals surface area contributed by atoms with E-state index in [2.05, 4.69) is 20.9 Å². The van der Waals surface area contributed by atoms with Gasteiger partial charge in [0.1, 0.15) is 5.82 Å². The van der Waals surface area contributed by atoms with Crippen molar-refractivity contribution in [2.75, 3.05) is 27.3 Å². The molecule has 6 heteroatoms. The Morgan fingerprint density at radius 2 is 2.04 bits per heavy atom. The number of hydrogen-bond donors (Lipinski definition) is 1. The topological polar surface area (TPSA) is 67.5 Å². The highest BCUT2D eigenvalue weighted by atomic mass is 16.5. The van der Waals surface area contributed by atoms with E-state index in [1.807, 2.05) is 19.1 Å². The average Bonchev–Trinajstić information content (AvgIpc) is 3.02. The minimum atomic E-state index is -0.0733. The molecule has 0 saturated carbocycles. The molecule has 0 aliphatic carbocycles. The highest BCUT2D eigenvalue weighted by molar-refractivity contribution is 5.42. The van der Waals surface area contributed by atoms with Crippen molar-refractivity contribution in [3.05, 3.63) is 51.7 Å². The summed E-state index contributed by atoms with van der Waals surface area (Å²) in [5, 5.41) is 0. The van der Waals surface area contributed by atoms with Crippen LogP contribution in [0.2, 0.25) is 0 Å². The number of rotatable bonds is 5. The number of nitrogens with zero attached hydrogens (tertiary/aromatic N) is 2. The molecule has 1 aromatic heterocycles. The maximum Gasteiger partial charge on any atom is 0.251 e. The Labute approximate surface area is 141 Å². The Morgan fingerprint density at radius 3 is 2.75 bits per heavy atom. The second-order valence-electron chi connectivity index (χ2n) is 6.17. The molecule has 128 valence electrons. The van der Waals surface area contributed by atoms with E-state index >= 15 is 0 Å². The van der Waals surface area contributed by atoms with Crippen molar-refractivity contribution in [2.24, 2.45) is 0 Å². The molecule has 0 amide bonds. The third kappa shape index (κ3) is 3.59. The van der Waals surface area contributed by atoms with Crippen molar-refractivity contribution in [1.82, 2.24) is 14.9 Å². The van der Waals surface area contributed by atoms with Crippen LogP contribution in [0.5, 0.6) is 11.5 Å². The SMILES string of the molecule is COc1ccc(CN2CCC(c3cc(=O)[nH]c(C)n3)C2)cc1OC. The van der Waals surface area contributed by atoms with Crippen LogP contribution >= 0.6 is 0 Å². The number of aryl methyl sites for hydroxylation is 1. The Balaban J connectivity index is 1.69. The number of methoxy groups -OCH3 is 2. The van der Waals surface area contributed by atoms with Gasteiger partial charge < -0.3 is 14.5 Å². The molecule has 0 radical (unpaired) electrons. The van der Waals surface area contributed by atoms with Crippen LogP contribution in [0.1, 0.15) is 29.4 Å². The van der Waals surface area contributed by atoms with Crippen LogP contribution in [-0.4, -0.2) is 42.2 Å². The summed E-state index contributed by atoms with van der Waals surface area (Å²) in [7, 11) is 3.29. The highest BCUT2D eigenvalue weighted by Gasteiger charge is 2.25. The Kier molecular flexibility index (Phi) is 4.85. The van der Waals surface area contributed by atoms with Gasteiger partial charge in [-0.1, -0.05) is 6.07 Å². The van der Waals surface area contributed by atoms with Gasteiger partial charge in [-0.15, -0.1) is 0 Å². The number of aromatic amines is 1. The summed E-state index contributed by atoms with van der Waals surface area (Å²) in [5.74, 6) is 2.48. The summed E-state index contributed by atoms with van der Waals surface area (Å²) in [4.78, 5) is 21.2. The Bertz CT molecular complexity index is 772. The number of likely N-dealkylation sites (tertiary alicyclic amines) is 1. The zero-order valence-corrected chi connectivity index (χ0v) is 14.3. The van der Waals surface area contributed by atoms with Crippen molar-refractivity contribution in [3.8, 4) is 11.5 Å². The second kappa shape index (κ2) is 7.05. The van der Waals surface area contributed by atoms with E-state index in [0.717, 1.165) is 43.2 Å². The molecule has 0 spiro atoms. The lowest BCUT2D eigenvalue weighted by molar-refractivity contribution is 0.323. The first-order valence-corrected chi connectivity index (χ1v) is 8.10. The number of nitrogens with one attached hydrogen (secondary N) is 1. The summed E-state index contributed by atoms with van der Waals surface area (Å²) in [6, 6.07) is 7.63. The molecule has 1 aliphatic heterocycles. The molecule has 2 heterocycles. The van der Waals surface area contributed by atoms with Gasteiger partial charge in [0.15, 0.2) is 11.5 Å². The van der Waals surface area contributed by atoms with Gasteiger partial charge in [-0.05, 0) is 37.6 Å². The van der Waals surface area contributed by atoms with E-state index in [-0.39, 0.29) is 5.56 Å². The summed E-state index contributed by atoms with van der Waals surface area (Å²) >= 11 is 0. The minimum Gasteiger partial charge on any atom is -0.493 e. The normalized spacial score (nSPS) is 17.9. The van der Waals surface area contributed by atoms with Crippen molar-refractivity contribution in [2.45, 2.75) is 25.8 Å². The van der Waals surface area contributed by atoms with E-state index in [1.54, 1.807) is 20.3 Å². The lowest BCUT2D eigenvalue weighted by atomic mass is 10.0. The van der Waals surface area contributed by atoms with E-state index < -0.39 is 0 Å². The smallest absolute Gasteiger partial charge is 0.251 e. The fourth-order valence-electron chi connectivity index (χ4n) is 3.27. The Hall–Kier alpha value is -2.34. The van der Waals surface area contributed by atoms with Crippen molar-refractivity contribution >= 4 is 0 Å². The minimum absolute atomic E-state index is 0.0733. The summed E-state index contributed by atoms with van der Waals surface area (Å²) in [6.07, 6.45) is 1.02. The number of ether oxygens (including phenoxy) is 2. The molecule has 1 fully saturated rings. The molecule has 1 unspecified atom stereocenters. The molecule has 24 heavy (non-hydrogen) atoms. The van der Waals surface area contributed by atoms with Gasteiger partial charge in [0.25, 0.3) is 5.56 Å².